The Kier molecular flexibility index (Phi) is 4.56. The molecule has 0 spiro atoms. The lowest BCUT2D eigenvalue weighted by Gasteiger charge is -2.28. The van der Waals surface area contributed by atoms with E-state index in [1.807, 2.05) is 19.1 Å². The van der Waals surface area contributed by atoms with Crippen molar-refractivity contribution in [3.63, 3.8) is 0 Å². The van der Waals surface area contributed by atoms with E-state index in [2.05, 4.69) is 37.5 Å². The zero-order valence-electron chi connectivity index (χ0n) is 10.4. The summed E-state index contributed by atoms with van der Waals surface area (Å²) < 4.78 is 0. The molecule has 88 valence electrons. The average Bonchev–Trinajstić information content (AvgIpc) is 2.25. The summed E-state index contributed by atoms with van der Waals surface area (Å²) in [6.45, 7) is 11.1. The summed E-state index contributed by atoms with van der Waals surface area (Å²) in [6.07, 6.45) is 1.91. The van der Waals surface area contributed by atoms with Crippen LogP contribution in [0.4, 0.5) is 5.69 Å². The van der Waals surface area contributed by atoms with Gasteiger partial charge in [-0.3, -0.25) is 0 Å². The Morgan fingerprint density at radius 1 is 1.44 bits per heavy atom. The molecule has 1 rings (SSSR count). The van der Waals surface area contributed by atoms with Crippen molar-refractivity contribution in [2.75, 3.05) is 11.4 Å². The molecule has 0 fully saturated rings. The van der Waals surface area contributed by atoms with Gasteiger partial charge in [0.15, 0.2) is 0 Å². The number of aliphatic hydroxyl groups excluding tert-OH is 1. The third kappa shape index (κ3) is 2.86. The number of aliphatic hydroxyl groups is 1. The van der Waals surface area contributed by atoms with Crippen LogP contribution in [0.15, 0.2) is 30.9 Å². The number of anilines is 1. The number of aryl methyl sites for hydroxylation is 1. The highest BCUT2D eigenvalue weighted by Gasteiger charge is 2.09. The van der Waals surface area contributed by atoms with Crippen molar-refractivity contribution in [3.05, 3.63) is 42.0 Å². The molecule has 0 saturated carbocycles. The Balaban J connectivity index is 3.01. The monoisotopic (exact) mass is 219 g/mol. The SMILES string of the molecule is C=CCN(c1ccc(CO)c(C)c1)C(C)C. The predicted molar refractivity (Wildman–Crippen MR) is 69.8 cm³/mol. The van der Waals surface area contributed by atoms with Crippen LogP contribution in [0.2, 0.25) is 0 Å². The Morgan fingerprint density at radius 2 is 2.12 bits per heavy atom. The molecule has 1 aromatic rings. The van der Waals surface area contributed by atoms with Crippen molar-refractivity contribution in [1.82, 2.24) is 0 Å². The zero-order chi connectivity index (χ0) is 12.1. The topological polar surface area (TPSA) is 23.5 Å². The second kappa shape index (κ2) is 5.71. The van der Waals surface area contributed by atoms with Gasteiger partial charge in [-0.05, 0) is 44.0 Å². The largest absolute Gasteiger partial charge is 0.392 e. The highest BCUT2D eigenvalue weighted by molar-refractivity contribution is 5.51. The molecule has 16 heavy (non-hydrogen) atoms. The summed E-state index contributed by atoms with van der Waals surface area (Å²) >= 11 is 0. The maximum atomic E-state index is 9.13. The summed E-state index contributed by atoms with van der Waals surface area (Å²) in [5.74, 6) is 0. The van der Waals surface area contributed by atoms with Crippen molar-refractivity contribution < 1.29 is 5.11 Å². The second-order valence-electron chi connectivity index (χ2n) is 4.30. The molecule has 0 atom stereocenters. The lowest BCUT2D eigenvalue weighted by atomic mass is 10.1. The number of hydrogen-bond donors (Lipinski definition) is 1. The minimum Gasteiger partial charge on any atom is -0.392 e. The van der Waals surface area contributed by atoms with Gasteiger partial charge in [0.2, 0.25) is 0 Å². The van der Waals surface area contributed by atoms with Crippen LogP contribution in [0, 0.1) is 6.92 Å². The summed E-state index contributed by atoms with van der Waals surface area (Å²) in [4.78, 5) is 2.28. The molecule has 0 aromatic heterocycles. The minimum atomic E-state index is 0.106. The summed E-state index contributed by atoms with van der Waals surface area (Å²) in [5.41, 5.74) is 3.31. The van der Waals surface area contributed by atoms with E-state index >= 15 is 0 Å². The molecule has 0 radical (unpaired) electrons. The van der Waals surface area contributed by atoms with E-state index < -0.39 is 0 Å². The first-order chi connectivity index (χ1) is 7.60. The Hall–Kier alpha value is -1.28. The van der Waals surface area contributed by atoms with Gasteiger partial charge >= 0.3 is 0 Å². The molecule has 0 bridgehead atoms. The van der Waals surface area contributed by atoms with E-state index in [0.717, 1.165) is 17.7 Å². The maximum Gasteiger partial charge on any atom is 0.0684 e. The Labute approximate surface area is 98.2 Å². The molecule has 0 unspecified atom stereocenters. The first-order valence-electron chi connectivity index (χ1n) is 5.68. The molecule has 0 heterocycles. The van der Waals surface area contributed by atoms with E-state index in [9.17, 15) is 0 Å². The van der Waals surface area contributed by atoms with Gasteiger partial charge in [-0.2, -0.15) is 0 Å². The fourth-order valence-corrected chi connectivity index (χ4v) is 1.79. The molecule has 2 nitrogen and oxygen atoms in total. The number of rotatable bonds is 5. The first kappa shape index (κ1) is 12.8. The molecule has 1 aromatic carbocycles. The Bertz CT molecular complexity index is 358. The lowest BCUT2D eigenvalue weighted by molar-refractivity contribution is 0.281. The zero-order valence-corrected chi connectivity index (χ0v) is 10.4. The van der Waals surface area contributed by atoms with Crippen molar-refractivity contribution in [1.29, 1.82) is 0 Å². The van der Waals surface area contributed by atoms with Crippen molar-refractivity contribution in [3.8, 4) is 0 Å². The minimum absolute atomic E-state index is 0.106. The van der Waals surface area contributed by atoms with Crippen LogP contribution in [0.1, 0.15) is 25.0 Å². The molecule has 0 amide bonds. The predicted octanol–water partition coefficient (Wildman–Crippen LogP) is 2.89. The van der Waals surface area contributed by atoms with Gasteiger partial charge in [-0.15, -0.1) is 6.58 Å². The lowest BCUT2D eigenvalue weighted by Crippen LogP contribution is -2.30. The van der Waals surface area contributed by atoms with Crippen LogP contribution in [0.5, 0.6) is 0 Å². The molecule has 0 saturated heterocycles. The van der Waals surface area contributed by atoms with Gasteiger partial charge in [0.25, 0.3) is 0 Å². The van der Waals surface area contributed by atoms with Crippen molar-refractivity contribution in [2.24, 2.45) is 0 Å². The fourth-order valence-electron chi connectivity index (χ4n) is 1.79. The fraction of sp³-hybridized carbons (Fsp3) is 0.429. The normalized spacial score (nSPS) is 10.6. The van der Waals surface area contributed by atoms with Gasteiger partial charge in [0.05, 0.1) is 6.61 Å². The van der Waals surface area contributed by atoms with E-state index in [4.69, 9.17) is 5.11 Å². The first-order valence-corrected chi connectivity index (χ1v) is 5.68. The molecule has 1 N–H and O–H groups in total. The van der Waals surface area contributed by atoms with Crippen molar-refractivity contribution in [2.45, 2.75) is 33.4 Å². The van der Waals surface area contributed by atoms with Crippen LogP contribution in [-0.2, 0) is 6.61 Å². The van der Waals surface area contributed by atoms with Crippen LogP contribution in [0.25, 0.3) is 0 Å². The highest BCUT2D eigenvalue weighted by atomic mass is 16.3. The van der Waals surface area contributed by atoms with Crippen LogP contribution < -0.4 is 4.90 Å². The third-order valence-electron chi connectivity index (χ3n) is 2.78. The average molecular weight is 219 g/mol. The maximum absolute atomic E-state index is 9.13. The van der Waals surface area contributed by atoms with Gasteiger partial charge in [-0.25, -0.2) is 0 Å². The molecule has 2 heteroatoms. The summed E-state index contributed by atoms with van der Waals surface area (Å²) in [7, 11) is 0. The van der Waals surface area contributed by atoms with E-state index in [0.29, 0.717) is 6.04 Å². The van der Waals surface area contributed by atoms with E-state index in [-0.39, 0.29) is 6.61 Å². The van der Waals surface area contributed by atoms with Gasteiger partial charge in [-0.1, -0.05) is 12.1 Å². The summed E-state index contributed by atoms with van der Waals surface area (Å²) in [5, 5.41) is 9.13. The Morgan fingerprint density at radius 3 is 2.56 bits per heavy atom. The molecular weight excluding hydrogens is 198 g/mol. The van der Waals surface area contributed by atoms with Crippen molar-refractivity contribution >= 4 is 5.69 Å². The molecule has 0 aliphatic rings. The quantitative estimate of drug-likeness (QED) is 0.770. The van der Waals surface area contributed by atoms with Gasteiger partial charge in [0, 0.05) is 18.3 Å². The van der Waals surface area contributed by atoms with Crippen LogP contribution in [-0.4, -0.2) is 17.7 Å². The number of benzene rings is 1. The standard InChI is InChI=1S/C14H21NO/c1-5-8-15(11(2)3)14-7-6-13(10-16)12(4)9-14/h5-7,9,11,16H,1,8,10H2,2-4H3. The molecule has 0 aliphatic carbocycles. The number of hydrogen-bond acceptors (Lipinski definition) is 2. The highest BCUT2D eigenvalue weighted by Crippen LogP contribution is 2.21. The smallest absolute Gasteiger partial charge is 0.0684 e. The second-order valence-corrected chi connectivity index (χ2v) is 4.30. The number of nitrogens with zero attached hydrogens (tertiary/aromatic N) is 1. The van der Waals surface area contributed by atoms with E-state index in [1.54, 1.807) is 0 Å². The summed E-state index contributed by atoms with van der Waals surface area (Å²) in [6, 6.07) is 6.61. The molecule has 0 aliphatic heterocycles. The van der Waals surface area contributed by atoms with Gasteiger partial charge < -0.3 is 10.0 Å². The molecular formula is C14H21NO. The third-order valence-corrected chi connectivity index (χ3v) is 2.78. The van der Waals surface area contributed by atoms with Crippen LogP contribution >= 0.6 is 0 Å². The van der Waals surface area contributed by atoms with Gasteiger partial charge in [0.1, 0.15) is 0 Å². The van der Waals surface area contributed by atoms with Crippen LogP contribution in [0.3, 0.4) is 0 Å². The van der Waals surface area contributed by atoms with E-state index in [1.165, 1.54) is 5.69 Å².